The largest absolute Gasteiger partial charge is 0.366 e. The van der Waals surface area contributed by atoms with Crippen LogP contribution in [0.25, 0.3) is 0 Å². The van der Waals surface area contributed by atoms with Gasteiger partial charge in [0.15, 0.2) is 5.82 Å². The zero-order valence-electron chi connectivity index (χ0n) is 12.2. The highest BCUT2D eigenvalue weighted by Crippen LogP contribution is 2.21. The minimum absolute atomic E-state index is 0.367. The highest BCUT2D eigenvalue weighted by atomic mass is 15.3. The summed E-state index contributed by atoms with van der Waals surface area (Å²) in [5, 5.41) is 11.5. The van der Waals surface area contributed by atoms with Crippen molar-refractivity contribution in [1.29, 1.82) is 0 Å². The van der Waals surface area contributed by atoms with Crippen molar-refractivity contribution in [3.8, 4) is 0 Å². The molecule has 0 saturated carbocycles. The van der Waals surface area contributed by atoms with Crippen molar-refractivity contribution in [3.05, 3.63) is 36.5 Å². The van der Waals surface area contributed by atoms with Gasteiger partial charge in [0.2, 0.25) is 0 Å². The predicted molar refractivity (Wildman–Crippen MR) is 82.3 cm³/mol. The second kappa shape index (κ2) is 6.84. The van der Waals surface area contributed by atoms with E-state index in [0.717, 1.165) is 24.5 Å². The minimum Gasteiger partial charge on any atom is -0.366 e. The second-order valence-electron chi connectivity index (χ2n) is 4.68. The molecule has 1 N–H and O–H groups in total. The number of hydrogen-bond acceptors (Lipinski definition) is 5. The van der Waals surface area contributed by atoms with Crippen molar-refractivity contribution in [2.24, 2.45) is 0 Å². The standard InChI is InChI=1S/C15H21N5/c1-4-12(3)17-14-11-16-19-15(18-14)20(5-2)13-9-7-6-8-10-13/h6-12H,4-5H2,1-3H3,(H,17,18,19). The molecule has 0 radical (unpaired) electrons. The molecule has 0 saturated heterocycles. The topological polar surface area (TPSA) is 53.9 Å². The molecule has 0 aliphatic heterocycles. The first kappa shape index (κ1) is 14.2. The summed E-state index contributed by atoms with van der Waals surface area (Å²) in [5.74, 6) is 1.38. The molecular weight excluding hydrogens is 250 g/mol. The van der Waals surface area contributed by atoms with Crippen LogP contribution in [0, 0.1) is 0 Å². The number of benzene rings is 1. The van der Waals surface area contributed by atoms with Gasteiger partial charge in [-0.2, -0.15) is 10.1 Å². The molecule has 0 fully saturated rings. The van der Waals surface area contributed by atoms with Crippen LogP contribution in [0.4, 0.5) is 17.5 Å². The summed E-state index contributed by atoms with van der Waals surface area (Å²) in [7, 11) is 0. The first-order chi connectivity index (χ1) is 9.74. The molecule has 5 nitrogen and oxygen atoms in total. The number of rotatable bonds is 6. The summed E-state index contributed by atoms with van der Waals surface area (Å²) >= 11 is 0. The van der Waals surface area contributed by atoms with Crippen LogP contribution in [0.5, 0.6) is 0 Å². The van der Waals surface area contributed by atoms with Gasteiger partial charge >= 0.3 is 0 Å². The number of para-hydroxylation sites is 1. The third-order valence-corrected chi connectivity index (χ3v) is 3.18. The van der Waals surface area contributed by atoms with E-state index in [0.29, 0.717) is 12.0 Å². The fourth-order valence-corrected chi connectivity index (χ4v) is 1.88. The predicted octanol–water partition coefficient (Wildman–Crippen LogP) is 3.24. The summed E-state index contributed by atoms with van der Waals surface area (Å²) in [6, 6.07) is 10.5. The van der Waals surface area contributed by atoms with Crippen LogP contribution in [0.2, 0.25) is 0 Å². The van der Waals surface area contributed by atoms with Crippen LogP contribution in [0.1, 0.15) is 27.2 Å². The van der Waals surface area contributed by atoms with Gasteiger partial charge in [0.1, 0.15) is 0 Å². The van der Waals surface area contributed by atoms with Crippen LogP contribution in [-0.4, -0.2) is 27.8 Å². The molecule has 20 heavy (non-hydrogen) atoms. The highest BCUT2D eigenvalue weighted by Gasteiger charge is 2.11. The molecule has 0 bridgehead atoms. The van der Waals surface area contributed by atoms with Crippen LogP contribution in [0.3, 0.4) is 0 Å². The first-order valence-corrected chi connectivity index (χ1v) is 7.03. The van der Waals surface area contributed by atoms with Gasteiger partial charge in [0, 0.05) is 18.3 Å². The van der Waals surface area contributed by atoms with E-state index in [9.17, 15) is 0 Å². The SMILES string of the molecule is CCC(C)Nc1cnnc(N(CC)c2ccccc2)n1. The average molecular weight is 271 g/mol. The molecule has 0 spiro atoms. The van der Waals surface area contributed by atoms with Gasteiger partial charge in [0.25, 0.3) is 5.95 Å². The molecule has 1 aromatic heterocycles. The number of anilines is 3. The highest BCUT2D eigenvalue weighted by molar-refractivity contribution is 5.57. The van der Waals surface area contributed by atoms with Crippen LogP contribution in [-0.2, 0) is 0 Å². The summed E-state index contributed by atoms with van der Waals surface area (Å²) < 4.78 is 0. The van der Waals surface area contributed by atoms with Crippen molar-refractivity contribution in [1.82, 2.24) is 15.2 Å². The second-order valence-corrected chi connectivity index (χ2v) is 4.68. The van der Waals surface area contributed by atoms with Gasteiger partial charge in [0.05, 0.1) is 6.20 Å². The van der Waals surface area contributed by atoms with Crippen molar-refractivity contribution < 1.29 is 0 Å². The molecule has 1 atom stereocenters. The van der Waals surface area contributed by atoms with E-state index < -0.39 is 0 Å². The van der Waals surface area contributed by atoms with Gasteiger partial charge in [-0.3, -0.25) is 0 Å². The fraction of sp³-hybridized carbons (Fsp3) is 0.400. The third kappa shape index (κ3) is 3.44. The zero-order chi connectivity index (χ0) is 14.4. The van der Waals surface area contributed by atoms with E-state index >= 15 is 0 Å². The van der Waals surface area contributed by atoms with Crippen LogP contribution < -0.4 is 10.2 Å². The van der Waals surface area contributed by atoms with Gasteiger partial charge in [-0.25, -0.2) is 0 Å². The van der Waals surface area contributed by atoms with Crippen LogP contribution in [0.15, 0.2) is 36.5 Å². The van der Waals surface area contributed by atoms with E-state index in [1.54, 1.807) is 6.20 Å². The average Bonchev–Trinajstić information content (AvgIpc) is 2.49. The van der Waals surface area contributed by atoms with Gasteiger partial charge in [-0.1, -0.05) is 25.1 Å². The Morgan fingerprint density at radius 3 is 2.60 bits per heavy atom. The first-order valence-electron chi connectivity index (χ1n) is 7.03. The Hall–Kier alpha value is -2.17. The Balaban J connectivity index is 2.24. The van der Waals surface area contributed by atoms with Gasteiger partial charge < -0.3 is 10.2 Å². The molecule has 1 aromatic carbocycles. The van der Waals surface area contributed by atoms with E-state index in [4.69, 9.17) is 0 Å². The molecule has 1 unspecified atom stereocenters. The number of aromatic nitrogens is 3. The fourth-order valence-electron chi connectivity index (χ4n) is 1.88. The Kier molecular flexibility index (Phi) is 4.87. The van der Waals surface area contributed by atoms with E-state index in [-0.39, 0.29) is 0 Å². The normalized spacial score (nSPS) is 11.9. The molecule has 0 amide bonds. The molecular formula is C15H21N5. The van der Waals surface area contributed by atoms with E-state index in [1.165, 1.54) is 0 Å². The Bertz CT molecular complexity index is 529. The van der Waals surface area contributed by atoms with Crippen molar-refractivity contribution in [2.45, 2.75) is 33.2 Å². The van der Waals surface area contributed by atoms with Crippen molar-refractivity contribution >= 4 is 17.5 Å². The maximum Gasteiger partial charge on any atom is 0.251 e. The lowest BCUT2D eigenvalue weighted by atomic mass is 10.3. The monoisotopic (exact) mass is 271 g/mol. The smallest absolute Gasteiger partial charge is 0.251 e. The zero-order valence-corrected chi connectivity index (χ0v) is 12.2. The van der Waals surface area contributed by atoms with E-state index in [2.05, 4.69) is 41.3 Å². The molecule has 106 valence electrons. The van der Waals surface area contributed by atoms with E-state index in [1.807, 2.05) is 35.2 Å². The maximum atomic E-state index is 4.55. The molecule has 2 aromatic rings. The summed E-state index contributed by atoms with van der Waals surface area (Å²) in [5.41, 5.74) is 1.07. The van der Waals surface area contributed by atoms with Crippen LogP contribution >= 0.6 is 0 Å². The van der Waals surface area contributed by atoms with Crippen molar-refractivity contribution in [3.63, 3.8) is 0 Å². The number of nitrogens with one attached hydrogen (secondary N) is 1. The number of hydrogen-bond donors (Lipinski definition) is 1. The molecule has 0 aliphatic rings. The maximum absolute atomic E-state index is 4.55. The molecule has 2 rings (SSSR count). The summed E-state index contributed by atoms with van der Waals surface area (Å²) in [6.45, 7) is 7.12. The lowest BCUT2D eigenvalue weighted by Gasteiger charge is -2.21. The molecule has 1 heterocycles. The third-order valence-electron chi connectivity index (χ3n) is 3.18. The molecule has 5 heteroatoms. The lowest BCUT2D eigenvalue weighted by Crippen LogP contribution is -2.21. The lowest BCUT2D eigenvalue weighted by molar-refractivity contribution is 0.753. The Morgan fingerprint density at radius 2 is 1.95 bits per heavy atom. The minimum atomic E-state index is 0.367. The molecule has 0 aliphatic carbocycles. The summed E-state index contributed by atoms with van der Waals surface area (Å²) in [4.78, 5) is 6.59. The van der Waals surface area contributed by atoms with Gasteiger partial charge in [-0.15, -0.1) is 5.10 Å². The van der Waals surface area contributed by atoms with Gasteiger partial charge in [-0.05, 0) is 32.4 Å². The quantitative estimate of drug-likeness (QED) is 0.874. The Labute approximate surface area is 120 Å². The Morgan fingerprint density at radius 1 is 1.20 bits per heavy atom. The van der Waals surface area contributed by atoms with Crippen molar-refractivity contribution in [2.75, 3.05) is 16.8 Å². The summed E-state index contributed by atoms with van der Waals surface area (Å²) in [6.07, 6.45) is 2.70. The number of nitrogens with zero attached hydrogens (tertiary/aromatic N) is 4.